The van der Waals surface area contributed by atoms with Crippen molar-refractivity contribution in [3.05, 3.63) is 95.9 Å². The van der Waals surface area contributed by atoms with Gasteiger partial charge in [-0.05, 0) is 72.6 Å². The maximum absolute atomic E-state index is 13.8. The third-order valence-corrected chi connectivity index (χ3v) is 4.36. The Morgan fingerprint density at radius 3 is 2.92 bits per heavy atom. The van der Waals surface area contributed by atoms with Gasteiger partial charge in [0.1, 0.15) is 11.6 Å². The molecule has 0 radical (unpaired) electrons. The van der Waals surface area contributed by atoms with Crippen molar-refractivity contribution >= 4 is 11.3 Å². The molecule has 134 valence electrons. The second-order valence-electron chi connectivity index (χ2n) is 6.26. The van der Waals surface area contributed by atoms with Crippen molar-refractivity contribution < 1.29 is 8.78 Å². The summed E-state index contributed by atoms with van der Waals surface area (Å²) >= 11 is 0. The summed E-state index contributed by atoms with van der Waals surface area (Å²) in [6.07, 6.45) is 13.5. The second kappa shape index (κ2) is 8.00. The normalized spacial score (nSPS) is 20.4. The lowest BCUT2D eigenvalue weighted by molar-refractivity contribution is 0.630. The maximum atomic E-state index is 13.8. The highest BCUT2D eigenvalue weighted by Crippen LogP contribution is 2.28. The SMILES string of the molecule is C=C(C=C1C=C([C@@H]2C=CC(F)=CC2)C=CN1)c1ccc(F)c(NCC)c1. The molecule has 1 aliphatic heterocycles. The molecule has 0 saturated heterocycles. The first-order chi connectivity index (χ1) is 12.6. The minimum Gasteiger partial charge on any atom is -0.383 e. The van der Waals surface area contributed by atoms with Crippen LogP contribution >= 0.6 is 0 Å². The van der Waals surface area contributed by atoms with Crippen molar-refractivity contribution in [3.8, 4) is 0 Å². The summed E-state index contributed by atoms with van der Waals surface area (Å²) in [7, 11) is 0. The summed E-state index contributed by atoms with van der Waals surface area (Å²) in [4.78, 5) is 0. The van der Waals surface area contributed by atoms with E-state index in [0.717, 1.165) is 22.4 Å². The van der Waals surface area contributed by atoms with Crippen molar-refractivity contribution in [1.82, 2.24) is 5.32 Å². The highest BCUT2D eigenvalue weighted by atomic mass is 19.1. The zero-order chi connectivity index (χ0) is 18.5. The average Bonchev–Trinajstić information content (AvgIpc) is 2.64. The van der Waals surface area contributed by atoms with Crippen LogP contribution in [0.1, 0.15) is 18.9 Å². The van der Waals surface area contributed by atoms with Crippen molar-refractivity contribution in [2.24, 2.45) is 5.92 Å². The molecule has 0 unspecified atom stereocenters. The van der Waals surface area contributed by atoms with Gasteiger partial charge in [0.15, 0.2) is 0 Å². The Morgan fingerprint density at radius 1 is 1.35 bits per heavy atom. The Morgan fingerprint density at radius 2 is 2.19 bits per heavy atom. The molecule has 1 aliphatic carbocycles. The first-order valence-corrected chi connectivity index (χ1v) is 8.69. The third kappa shape index (κ3) is 4.20. The van der Waals surface area contributed by atoms with E-state index in [-0.39, 0.29) is 17.6 Å². The number of benzene rings is 1. The van der Waals surface area contributed by atoms with Gasteiger partial charge in [-0.15, -0.1) is 0 Å². The van der Waals surface area contributed by atoms with E-state index in [4.69, 9.17) is 0 Å². The van der Waals surface area contributed by atoms with E-state index < -0.39 is 0 Å². The molecule has 0 bridgehead atoms. The number of rotatable bonds is 5. The fourth-order valence-corrected chi connectivity index (χ4v) is 2.98. The van der Waals surface area contributed by atoms with Gasteiger partial charge in [-0.2, -0.15) is 0 Å². The Hall–Kier alpha value is -2.88. The van der Waals surface area contributed by atoms with Crippen molar-refractivity contribution in [1.29, 1.82) is 0 Å². The minimum atomic E-state index is -0.277. The Balaban J connectivity index is 1.79. The molecule has 1 atom stereocenters. The van der Waals surface area contributed by atoms with E-state index in [1.165, 1.54) is 12.1 Å². The van der Waals surface area contributed by atoms with Crippen LogP contribution in [-0.2, 0) is 0 Å². The molecule has 0 amide bonds. The van der Waals surface area contributed by atoms with Crippen LogP contribution in [0, 0.1) is 11.7 Å². The van der Waals surface area contributed by atoms with Gasteiger partial charge in [0.2, 0.25) is 0 Å². The van der Waals surface area contributed by atoms with E-state index in [1.807, 2.05) is 37.4 Å². The lowest BCUT2D eigenvalue weighted by Crippen LogP contribution is -2.12. The van der Waals surface area contributed by atoms with Gasteiger partial charge in [0.05, 0.1) is 5.69 Å². The molecule has 0 saturated carbocycles. The Kier molecular flexibility index (Phi) is 5.52. The predicted molar refractivity (Wildman–Crippen MR) is 104 cm³/mol. The van der Waals surface area contributed by atoms with Crippen LogP contribution < -0.4 is 10.6 Å². The van der Waals surface area contributed by atoms with Gasteiger partial charge < -0.3 is 10.6 Å². The van der Waals surface area contributed by atoms with Crippen LogP contribution in [0.4, 0.5) is 14.5 Å². The molecule has 2 aliphatic rings. The molecule has 0 fully saturated rings. The number of allylic oxidation sites excluding steroid dienone is 9. The number of anilines is 1. The van der Waals surface area contributed by atoms with E-state index in [0.29, 0.717) is 18.7 Å². The topological polar surface area (TPSA) is 24.1 Å². The quantitative estimate of drug-likeness (QED) is 0.718. The van der Waals surface area contributed by atoms with Gasteiger partial charge in [-0.25, -0.2) is 8.78 Å². The molecule has 26 heavy (non-hydrogen) atoms. The number of hydrogen-bond donors (Lipinski definition) is 2. The van der Waals surface area contributed by atoms with Gasteiger partial charge in [-0.1, -0.05) is 18.7 Å². The van der Waals surface area contributed by atoms with Gasteiger partial charge in [-0.3, -0.25) is 0 Å². The fourth-order valence-electron chi connectivity index (χ4n) is 2.98. The summed E-state index contributed by atoms with van der Waals surface area (Å²) < 4.78 is 26.9. The molecule has 2 N–H and O–H groups in total. The molecule has 1 aromatic carbocycles. The van der Waals surface area contributed by atoms with Crippen molar-refractivity contribution in [3.63, 3.8) is 0 Å². The molecule has 0 aromatic heterocycles. The lowest BCUT2D eigenvalue weighted by atomic mass is 9.90. The number of nitrogens with one attached hydrogen (secondary N) is 2. The summed E-state index contributed by atoms with van der Waals surface area (Å²) in [6, 6.07) is 4.93. The largest absolute Gasteiger partial charge is 0.383 e. The van der Waals surface area contributed by atoms with Crippen LogP contribution in [-0.4, -0.2) is 6.54 Å². The molecular formula is C22H22F2N2. The van der Waals surface area contributed by atoms with E-state index in [2.05, 4.69) is 17.2 Å². The highest BCUT2D eigenvalue weighted by Gasteiger charge is 2.14. The number of hydrogen-bond acceptors (Lipinski definition) is 2. The third-order valence-electron chi connectivity index (χ3n) is 4.36. The minimum absolute atomic E-state index is 0.163. The molecule has 3 rings (SSSR count). The van der Waals surface area contributed by atoms with Gasteiger partial charge in [0, 0.05) is 24.4 Å². The van der Waals surface area contributed by atoms with Crippen LogP contribution in [0.25, 0.3) is 5.57 Å². The molecule has 4 heteroatoms. The molecular weight excluding hydrogens is 330 g/mol. The monoisotopic (exact) mass is 352 g/mol. The smallest absolute Gasteiger partial charge is 0.146 e. The van der Waals surface area contributed by atoms with E-state index in [1.54, 1.807) is 18.2 Å². The summed E-state index contributed by atoms with van der Waals surface area (Å²) in [5.41, 5.74) is 4.10. The van der Waals surface area contributed by atoms with E-state index >= 15 is 0 Å². The Bertz CT molecular complexity index is 857. The first kappa shape index (κ1) is 17.9. The Labute approximate surface area is 153 Å². The molecule has 2 nitrogen and oxygen atoms in total. The van der Waals surface area contributed by atoms with Gasteiger partial charge >= 0.3 is 0 Å². The zero-order valence-corrected chi connectivity index (χ0v) is 14.7. The molecule has 1 heterocycles. The summed E-state index contributed by atoms with van der Waals surface area (Å²) in [5, 5.41) is 6.20. The van der Waals surface area contributed by atoms with Crippen LogP contribution in [0.15, 0.2) is 84.5 Å². The summed E-state index contributed by atoms with van der Waals surface area (Å²) in [5.74, 6) is -0.297. The first-order valence-electron chi connectivity index (χ1n) is 8.69. The maximum Gasteiger partial charge on any atom is 0.146 e. The zero-order valence-electron chi connectivity index (χ0n) is 14.7. The molecule has 1 aromatic rings. The van der Waals surface area contributed by atoms with Gasteiger partial charge in [0.25, 0.3) is 0 Å². The predicted octanol–water partition coefficient (Wildman–Crippen LogP) is 5.63. The summed E-state index contributed by atoms with van der Waals surface area (Å²) in [6.45, 7) is 6.68. The van der Waals surface area contributed by atoms with Crippen LogP contribution in [0.5, 0.6) is 0 Å². The fraction of sp³-hybridized carbons (Fsp3) is 0.182. The number of dihydropyridines is 1. The van der Waals surface area contributed by atoms with Crippen molar-refractivity contribution in [2.45, 2.75) is 13.3 Å². The van der Waals surface area contributed by atoms with Crippen LogP contribution in [0.3, 0.4) is 0 Å². The second-order valence-corrected chi connectivity index (χ2v) is 6.26. The standard InChI is InChI=1S/C22H22F2N2/c1-3-25-22-14-17(6-9-21(22)24)15(2)12-20-13-18(10-11-26-20)16-4-7-19(23)8-5-16/h4,6-14,16,25-26H,2-3,5H2,1H3/t16-/m1/s1. The average molecular weight is 352 g/mol. The number of halogens is 2. The molecule has 0 spiro atoms. The highest BCUT2D eigenvalue weighted by molar-refractivity contribution is 5.75. The van der Waals surface area contributed by atoms with E-state index in [9.17, 15) is 8.78 Å². The lowest BCUT2D eigenvalue weighted by Gasteiger charge is -2.19. The van der Waals surface area contributed by atoms with Crippen LogP contribution in [0.2, 0.25) is 0 Å². The van der Waals surface area contributed by atoms with Crippen molar-refractivity contribution in [2.75, 3.05) is 11.9 Å².